The molecule has 192 valence electrons. The van der Waals surface area contributed by atoms with Crippen LogP contribution in [0, 0.1) is 0 Å². The van der Waals surface area contributed by atoms with Gasteiger partial charge < -0.3 is 39.5 Å². The Bertz CT molecular complexity index is 1290. The molecule has 2 aliphatic rings. The van der Waals surface area contributed by atoms with Crippen molar-refractivity contribution in [3.63, 3.8) is 0 Å². The predicted molar refractivity (Wildman–Crippen MR) is 114 cm³/mol. The Balaban J connectivity index is 1.69. The van der Waals surface area contributed by atoms with Gasteiger partial charge in [0.15, 0.2) is 6.23 Å². The largest absolute Gasteiger partial charge is 0.481 e. The summed E-state index contributed by atoms with van der Waals surface area (Å²) in [6.45, 7) is 0.360. The summed E-state index contributed by atoms with van der Waals surface area (Å²) >= 11 is 0. The molecule has 0 aromatic carbocycles. The van der Waals surface area contributed by atoms with E-state index >= 15 is 0 Å². The normalized spacial score (nSPS) is 28.4. The Kier molecular flexibility index (Phi) is 6.63. The van der Waals surface area contributed by atoms with Crippen molar-refractivity contribution in [2.45, 2.75) is 31.0 Å². The maximum Gasteiger partial charge on any atom is 0.481 e. The van der Waals surface area contributed by atoms with Crippen molar-refractivity contribution in [1.29, 1.82) is 0 Å². The third-order valence-electron chi connectivity index (χ3n) is 5.25. The van der Waals surface area contributed by atoms with Crippen LogP contribution in [0.5, 0.6) is 0 Å². The number of hydrogen-bond acceptors (Lipinski definition) is 12. The predicted octanol–water partition coefficient (Wildman–Crippen LogP) is -0.889. The van der Waals surface area contributed by atoms with Crippen molar-refractivity contribution in [2.75, 3.05) is 19.0 Å². The van der Waals surface area contributed by atoms with Crippen LogP contribution in [0.25, 0.3) is 16.7 Å². The maximum absolute atomic E-state index is 12.2. The number of aliphatic hydroxyl groups is 2. The number of ether oxygens (including phenoxy) is 1. The van der Waals surface area contributed by atoms with Crippen LogP contribution in [0.4, 0.5) is 5.82 Å². The first-order valence-corrected chi connectivity index (χ1v) is 12.7. The van der Waals surface area contributed by atoms with Gasteiger partial charge in [0, 0.05) is 17.8 Å². The first-order chi connectivity index (χ1) is 16.2. The molecule has 4 heterocycles. The van der Waals surface area contributed by atoms with E-state index in [9.17, 15) is 29.0 Å². The summed E-state index contributed by atoms with van der Waals surface area (Å²) < 4.78 is 37.9. The van der Waals surface area contributed by atoms with Gasteiger partial charge in [-0.15, -0.1) is 0 Å². The minimum absolute atomic E-state index is 0.159. The fourth-order valence-electron chi connectivity index (χ4n) is 3.82. The third-order valence-corrected chi connectivity index (χ3v) is 7.40. The number of phosphoric ester groups is 1. The molecule has 1 amide bonds. The van der Waals surface area contributed by atoms with Crippen molar-refractivity contribution in [1.82, 2.24) is 20.0 Å². The summed E-state index contributed by atoms with van der Waals surface area (Å²) in [5.74, 6) is -0.332. The molecule has 1 saturated heterocycles. The topological polar surface area (TPSA) is 244 Å². The Hall–Kier alpha value is -2.27. The third kappa shape index (κ3) is 5.02. The van der Waals surface area contributed by atoms with Crippen LogP contribution in [0.1, 0.15) is 18.7 Å². The van der Waals surface area contributed by atoms with E-state index in [1.807, 2.05) is 0 Å². The van der Waals surface area contributed by atoms with Gasteiger partial charge in [-0.25, -0.2) is 19.1 Å². The molecule has 17 nitrogen and oxygen atoms in total. The zero-order chi connectivity index (χ0) is 25.8. The number of anilines is 1. The van der Waals surface area contributed by atoms with Crippen LogP contribution in [0.15, 0.2) is 18.6 Å². The van der Waals surface area contributed by atoms with E-state index in [-0.39, 0.29) is 17.2 Å². The van der Waals surface area contributed by atoms with E-state index in [2.05, 4.69) is 29.6 Å². The molecule has 2 aliphatic heterocycles. The van der Waals surface area contributed by atoms with Gasteiger partial charge in [0.25, 0.3) is 5.91 Å². The highest BCUT2D eigenvalue weighted by atomic mass is 31.3. The number of nitrogens with one attached hydrogen (secondary N) is 2. The van der Waals surface area contributed by atoms with E-state index < -0.39 is 52.2 Å². The van der Waals surface area contributed by atoms with Crippen molar-refractivity contribution in [3.8, 4) is 0 Å². The zero-order valence-corrected chi connectivity index (χ0v) is 19.8. The van der Waals surface area contributed by atoms with Crippen molar-refractivity contribution < 1.29 is 57.2 Å². The molecule has 0 saturated carbocycles. The van der Waals surface area contributed by atoms with Crippen LogP contribution in [-0.4, -0.2) is 76.9 Å². The second-order valence-electron chi connectivity index (χ2n) is 7.76. The van der Waals surface area contributed by atoms with E-state index in [4.69, 9.17) is 19.4 Å². The number of aliphatic hydroxyl groups excluding tert-OH is 1. The molecule has 2 aromatic heterocycles. The molecule has 7 N–H and O–H groups in total. The van der Waals surface area contributed by atoms with Crippen molar-refractivity contribution in [2.24, 2.45) is 0 Å². The molecule has 0 radical (unpaired) electrons. The Morgan fingerprint density at radius 2 is 2.03 bits per heavy atom. The average Bonchev–Trinajstić information content (AvgIpc) is 3.15. The summed E-state index contributed by atoms with van der Waals surface area (Å²) in [6.07, 6.45) is -0.630. The van der Waals surface area contributed by atoms with Gasteiger partial charge in [0.2, 0.25) is 0 Å². The highest BCUT2D eigenvalue weighted by Crippen LogP contribution is 2.58. The van der Waals surface area contributed by atoms with Gasteiger partial charge in [-0.05, 0) is 6.92 Å². The lowest BCUT2D eigenvalue weighted by molar-refractivity contribution is -0.111. The maximum atomic E-state index is 12.2. The fraction of sp³-hybridized carbons (Fsp3) is 0.438. The summed E-state index contributed by atoms with van der Waals surface area (Å²) in [4.78, 5) is 52.3. The molecule has 1 unspecified atom stereocenters. The number of hydrogen-bond donors (Lipinski definition) is 7. The van der Waals surface area contributed by atoms with Crippen LogP contribution in [0.3, 0.4) is 0 Å². The molecule has 0 aliphatic carbocycles. The summed E-state index contributed by atoms with van der Waals surface area (Å²) in [6, 6.07) is 0. The number of hydroxylamine groups is 1. The number of amides is 1. The van der Waals surface area contributed by atoms with Crippen LogP contribution < -0.4 is 10.8 Å². The van der Waals surface area contributed by atoms with E-state index in [1.165, 1.54) is 30.9 Å². The van der Waals surface area contributed by atoms with Crippen molar-refractivity contribution >= 4 is 44.1 Å². The fourth-order valence-corrected chi connectivity index (χ4v) is 5.42. The quantitative estimate of drug-likeness (QED) is 0.159. The minimum atomic E-state index is -5.36. The zero-order valence-electron chi connectivity index (χ0n) is 18.0. The minimum Gasteiger partial charge on any atom is -0.387 e. The van der Waals surface area contributed by atoms with Gasteiger partial charge in [-0.3, -0.25) is 19.6 Å². The number of carbonyl (C=O) groups is 1. The Morgan fingerprint density at radius 1 is 1.31 bits per heavy atom. The van der Waals surface area contributed by atoms with Gasteiger partial charge in [-0.1, -0.05) is 0 Å². The first-order valence-electron chi connectivity index (χ1n) is 9.71. The van der Waals surface area contributed by atoms with Gasteiger partial charge in [0.1, 0.15) is 35.6 Å². The standard InChI is InChI=1S/C16H21N5O12P2/c1-16(24)12(23)9(5-31-35(28,29)33-34(25,26)27)32-15(16)21-4-7-8(20-30-2)3-10(22)19-13-11(7)14(21)18-6-17-13/h3-4,6,9,12,15,20,23-24H,5H2,1-2H3,(H,28,29)(H2,25,26,27)(H,17,18,19,22)/t9-,12-,15-,16-/m1/s1. The molecule has 19 heteroatoms. The molecule has 2 aromatic rings. The number of rotatable bonds is 8. The molecule has 4 rings (SSSR count). The molecular formula is C16H21N5O12P2. The average molecular weight is 537 g/mol. The number of aromatic nitrogens is 3. The first kappa shape index (κ1) is 25.8. The van der Waals surface area contributed by atoms with E-state index in [1.54, 1.807) is 0 Å². The Labute approximate surface area is 196 Å². The molecule has 35 heavy (non-hydrogen) atoms. The SMILES string of the molecule is CONC1=CC(=O)Nc2ncnc3c2c1cn3[C@@H]1O[C@H](COP(=O)(O)OP(=O)(O)O)[C@@H](O)[C@@]1(C)O. The highest BCUT2D eigenvalue weighted by molar-refractivity contribution is 7.60. The summed E-state index contributed by atoms with van der Waals surface area (Å²) in [5.41, 5.74) is 1.37. The van der Waals surface area contributed by atoms with E-state index in [0.29, 0.717) is 10.9 Å². The second-order valence-corrected chi connectivity index (χ2v) is 10.6. The Morgan fingerprint density at radius 3 is 2.69 bits per heavy atom. The van der Waals surface area contributed by atoms with Crippen LogP contribution >= 0.6 is 15.6 Å². The van der Waals surface area contributed by atoms with Crippen molar-refractivity contribution in [3.05, 3.63) is 24.2 Å². The lowest BCUT2D eigenvalue weighted by Crippen LogP contribution is -2.44. The monoisotopic (exact) mass is 537 g/mol. The van der Waals surface area contributed by atoms with E-state index in [0.717, 1.165) is 6.33 Å². The molecule has 0 spiro atoms. The highest BCUT2D eigenvalue weighted by Gasteiger charge is 2.54. The molecule has 1 fully saturated rings. The van der Waals surface area contributed by atoms with Gasteiger partial charge in [-0.2, -0.15) is 4.31 Å². The lowest BCUT2D eigenvalue weighted by atomic mass is 9.96. The molecular weight excluding hydrogens is 516 g/mol. The molecule has 0 bridgehead atoms. The van der Waals surface area contributed by atoms with Crippen LogP contribution in [0.2, 0.25) is 0 Å². The second kappa shape index (κ2) is 8.99. The lowest BCUT2D eigenvalue weighted by Gasteiger charge is -2.27. The van der Waals surface area contributed by atoms with Gasteiger partial charge in [0.05, 0.1) is 24.8 Å². The van der Waals surface area contributed by atoms with Gasteiger partial charge >= 0.3 is 15.6 Å². The van der Waals surface area contributed by atoms with Crippen LogP contribution in [-0.2, 0) is 32.3 Å². The number of carbonyl (C=O) groups excluding carboxylic acids is 1. The number of phosphoric acid groups is 2. The molecule has 5 atom stereocenters. The number of nitrogens with zero attached hydrogens (tertiary/aromatic N) is 3. The summed E-state index contributed by atoms with van der Waals surface area (Å²) in [5, 5.41) is 24.6. The smallest absolute Gasteiger partial charge is 0.387 e. The summed E-state index contributed by atoms with van der Waals surface area (Å²) in [7, 11) is -9.25.